The van der Waals surface area contributed by atoms with Crippen molar-refractivity contribution in [3.63, 3.8) is 0 Å². The minimum Gasteiger partial charge on any atom is -0.301 e. The molecule has 0 spiro atoms. The summed E-state index contributed by atoms with van der Waals surface area (Å²) in [5.74, 6) is 0.981. The van der Waals surface area contributed by atoms with Gasteiger partial charge >= 0.3 is 0 Å². The van der Waals surface area contributed by atoms with Crippen LogP contribution < -0.4 is 11.1 Å². The lowest BCUT2D eigenvalue weighted by Crippen LogP contribution is -2.15. The van der Waals surface area contributed by atoms with Gasteiger partial charge < -0.3 is 4.98 Å². The van der Waals surface area contributed by atoms with E-state index in [1.807, 2.05) is 19.1 Å². The van der Waals surface area contributed by atoms with E-state index in [9.17, 15) is 9.59 Å². The summed E-state index contributed by atoms with van der Waals surface area (Å²) in [5, 5.41) is 1.27. The van der Waals surface area contributed by atoms with Crippen molar-refractivity contribution in [3.8, 4) is 0 Å². The summed E-state index contributed by atoms with van der Waals surface area (Å²) < 4.78 is 1.54. The summed E-state index contributed by atoms with van der Waals surface area (Å²) in [7, 11) is 0. The van der Waals surface area contributed by atoms with Crippen LogP contribution in [-0.4, -0.2) is 19.4 Å². The minimum absolute atomic E-state index is 0.0906. The lowest BCUT2D eigenvalue weighted by molar-refractivity contribution is 0.561. The molecule has 0 amide bonds. The van der Waals surface area contributed by atoms with Crippen molar-refractivity contribution in [1.82, 2.24) is 19.4 Å². The quantitative estimate of drug-likeness (QED) is 0.353. The van der Waals surface area contributed by atoms with Crippen LogP contribution in [0.3, 0.4) is 0 Å². The number of hydrogen-bond acceptors (Lipinski definition) is 6. The second-order valence-corrected chi connectivity index (χ2v) is 9.88. The van der Waals surface area contributed by atoms with Crippen LogP contribution in [0.2, 0.25) is 0 Å². The number of nitrogens with zero attached hydrogens (tertiary/aromatic N) is 3. The number of thiophene rings is 1. The number of aromatic amines is 1. The fourth-order valence-corrected chi connectivity index (χ4v) is 5.30. The standard InChI is InChI=1S/C22H24N4O2S2/c1-5-12(2)8-16-14(4)30-21-19(16)20(28)24-22(25-21)29-11-15-9-18(27)26-10-13(3)6-7-17(26)23-15/h6-7,9-10,12H,5,8,11H2,1-4H3,(H,24,25,28)/t12-/m0/s1. The highest BCUT2D eigenvalue weighted by Crippen LogP contribution is 2.31. The maximum absolute atomic E-state index is 12.8. The number of aromatic nitrogens is 4. The average molecular weight is 441 g/mol. The molecule has 4 aromatic rings. The van der Waals surface area contributed by atoms with Gasteiger partial charge in [-0.05, 0) is 43.4 Å². The lowest BCUT2D eigenvalue weighted by Gasteiger charge is -2.08. The fourth-order valence-electron chi connectivity index (χ4n) is 3.44. The summed E-state index contributed by atoms with van der Waals surface area (Å²) >= 11 is 2.96. The molecule has 1 atom stereocenters. The number of thioether (sulfide) groups is 1. The van der Waals surface area contributed by atoms with Crippen LogP contribution in [0.1, 0.15) is 42.0 Å². The number of rotatable bonds is 6. The molecule has 0 radical (unpaired) electrons. The molecule has 0 saturated carbocycles. The van der Waals surface area contributed by atoms with Gasteiger partial charge in [-0.25, -0.2) is 9.97 Å². The first-order valence-corrected chi connectivity index (χ1v) is 11.8. The van der Waals surface area contributed by atoms with E-state index < -0.39 is 0 Å². The molecular weight excluding hydrogens is 416 g/mol. The van der Waals surface area contributed by atoms with Crippen LogP contribution in [-0.2, 0) is 12.2 Å². The normalized spacial score (nSPS) is 12.7. The number of pyridine rings is 1. The molecule has 0 aliphatic carbocycles. The summed E-state index contributed by atoms with van der Waals surface area (Å²) in [6.45, 7) is 8.37. The van der Waals surface area contributed by atoms with Gasteiger partial charge in [-0.3, -0.25) is 14.0 Å². The third-order valence-corrected chi connectivity index (χ3v) is 7.26. The van der Waals surface area contributed by atoms with E-state index in [2.05, 4.69) is 35.7 Å². The van der Waals surface area contributed by atoms with E-state index in [0.717, 1.165) is 39.1 Å². The SMILES string of the molecule is CC[C@H](C)Cc1c(C)sc2nc(SCc3cc(=O)n4cc(C)ccc4n3)[nH]c(=O)c12. The van der Waals surface area contributed by atoms with Crippen LogP contribution >= 0.6 is 23.1 Å². The zero-order valence-corrected chi connectivity index (χ0v) is 19.1. The molecule has 0 bridgehead atoms. The van der Waals surface area contributed by atoms with Gasteiger partial charge in [-0.1, -0.05) is 38.1 Å². The second kappa shape index (κ2) is 8.35. The molecule has 4 rings (SSSR count). The summed E-state index contributed by atoms with van der Waals surface area (Å²) in [6, 6.07) is 5.31. The van der Waals surface area contributed by atoms with Gasteiger partial charge in [0.05, 0.1) is 11.1 Å². The summed E-state index contributed by atoms with van der Waals surface area (Å²) in [4.78, 5) is 39.3. The molecule has 0 aliphatic heterocycles. The molecule has 6 nitrogen and oxygen atoms in total. The van der Waals surface area contributed by atoms with Gasteiger partial charge in [0, 0.05) is 22.9 Å². The van der Waals surface area contributed by atoms with Crippen molar-refractivity contribution in [3.05, 3.63) is 66.8 Å². The fraction of sp³-hybridized carbons (Fsp3) is 0.364. The highest BCUT2D eigenvalue weighted by atomic mass is 32.2. The van der Waals surface area contributed by atoms with Crippen molar-refractivity contribution in [2.45, 2.75) is 51.4 Å². The smallest absolute Gasteiger partial charge is 0.260 e. The molecule has 0 saturated heterocycles. The number of aryl methyl sites for hydroxylation is 2. The van der Waals surface area contributed by atoms with Gasteiger partial charge in [0.15, 0.2) is 5.16 Å². The maximum atomic E-state index is 12.8. The summed E-state index contributed by atoms with van der Waals surface area (Å²) in [5.41, 5.74) is 3.20. The summed E-state index contributed by atoms with van der Waals surface area (Å²) in [6.07, 6.45) is 3.75. The second-order valence-electron chi connectivity index (χ2n) is 7.71. The van der Waals surface area contributed by atoms with Gasteiger partial charge in [0.2, 0.25) is 0 Å². The Kier molecular flexibility index (Phi) is 5.79. The topological polar surface area (TPSA) is 80.1 Å². The Morgan fingerprint density at radius 1 is 1.23 bits per heavy atom. The van der Waals surface area contributed by atoms with Gasteiger partial charge in [-0.15, -0.1) is 11.3 Å². The number of fused-ring (bicyclic) bond motifs is 2. The van der Waals surface area contributed by atoms with Crippen LogP contribution in [0.5, 0.6) is 0 Å². The lowest BCUT2D eigenvalue weighted by atomic mass is 9.98. The minimum atomic E-state index is -0.111. The van der Waals surface area contributed by atoms with Crippen molar-refractivity contribution in [2.24, 2.45) is 5.92 Å². The van der Waals surface area contributed by atoms with Gasteiger partial charge in [-0.2, -0.15) is 0 Å². The van der Waals surface area contributed by atoms with Crippen LogP contribution in [0.15, 0.2) is 39.1 Å². The van der Waals surface area contributed by atoms with E-state index in [1.54, 1.807) is 21.9 Å². The number of hydrogen-bond donors (Lipinski definition) is 1. The van der Waals surface area contributed by atoms with E-state index in [4.69, 9.17) is 0 Å². The Bertz CT molecular complexity index is 1350. The first-order valence-electron chi connectivity index (χ1n) is 9.99. The molecule has 156 valence electrons. The molecule has 0 aromatic carbocycles. The molecular formula is C22H24N4O2S2. The van der Waals surface area contributed by atoms with Gasteiger partial charge in [0.1, 0.15) is 10.5 Å². The Balaban J connectivity index is 1.62. The third-order valence-electron chi connectivity index (χ3n) is 5.31. The van der Waals surface area contributed by atoms with Crippen molar-refractivity contribution in [1.29, 1.82) is 0 Å². The molecule has 0 fully saturated rings. The molecule has 4 heterocycles. The Labute approximate surface area is 182 Å². The van der Waals surface area contributed by atoms with Crippen molar-refractivity contribution < 1.29 is 0 Å². The first-order chi connectivity index (χ1) is 14.4. The third kappa shape index (κ3) is 4.06. The molecule has 8 heteroatoms. The van der Waals surface area contributed by atoms with Crippen molar-refractivity contribution >= 4 is 39.0 Å². The Hall–Kier alpha value is -2.45. The van der Waals surface area contributed by atoms with Gasteiger partial charge in [0.25, 0.3) is 11.1 Å². The van der Waals surface area contributed by atoms with Crippen molar-refractivity contribution in [2.75, 3.05) is 0 Å². The highest BCUT2D eigenvalue weighted by Gasteiger charge is 2.17. The van der Waals surface area contributed by atoms with E-state index >= 15 is 0 Å². The van der Waals surface area contributed by atoms with Crippen LogP contribution in [0.4, 0.5) is 0 Å². The van der Waals surface area contributed by atoms with E-state index in [1.165, 1.54) is 17.8 Å². The average Bonchev–Trinajstić information content (AvgIpc) is 3.02. The molecule has 30 heavy (non-hydrogen) atoms. The zero-order valence-electron chi connectivity index (χ0n) is 17.5. The van der Waals surface area contributed by atoms with Crippen LogP contribution in [0.25, 0.3) is 15.9 Å². The maximum Gasteiger partial charge on any atom is 0.260 e. The van der Waals surface area contributed by atoms with E-state index in [0.29, 0.717) is 28.2 Å². The molecule has 4 aromatic heterocycles. The number of nitrogens with one attached hydrogen (secondary N) is 1. The highest BCUT2D eigenvalue weighted by molar-refractivity contribution is 7.98. The van der Waals surface area contributed by atoms with Crippen LogP contribution in [0, 0.1) is 19.8 Å². The largest absolute Gasteiger partial charge is 0.301 e. The van der Waals surface area contributed by atoms with E-state index in [-0.39, 0.29) is 11.1 Å². The molecule has 0 unspecified atom stereocenters. The predicted molar refractivity (Wildman–Crippen MR) is 124 cm³/mol. The molecule has 0 aliphatic rings. The Morgan fingerprint density at radius 3 is 2.80 bits per heavy atom. The predicted octanol–water partition coefficient (Wildman–Crippen LogP) is 4.49. The zero-order chi connectivity index (χ0) is 21.4. The Morgan fingerprint density at radius 2 is 2.03 bits per heavy atom. The number of H-pyrrole nitrogens is 1. The molecule has 1 N–H and O–H groups in total. The monoisotopic (exact) mass is 440 g/mol. The first kappa shape index (κ1) is 20.8.